The minimum atomic E-state index is 0.278. The third-order valence-electron chi connectivity index (χ3n) is 3.88. The first-order valence-corrected chi connectivity index (χ1v) is 6.59. The maximum atomic E-state index is 11.2. The van der Waals surface area contributed by atoms with Gasteiger partial charge in [-0.05, 0) is 30.7 Å². The molecule has 0 amide bonds. The fourth-order valence-corrected chi connectivity index (χ4v) is 3.05. The van der Waals surface area contributed by atoms with E-state index in [1.807, 2.05) is 6.20 Å². The summed E-state index contributed by atoms with van der Waals surface area (Å²) in [6.07, 6.45) is 2.91. The van der Waals surface area contributed by atoms with Crippen LogP contribution in [0.2, 0.25) is 0 Å². The quantitative estimate of drug-likeness (QED) is 0.836. The summed E-state index contributed by atoms with van der Waals surface area (Å²) in [5.41, 5.74) is 5.70. The summed E-state index contributed by atoms with van der Waals surface area (Å²) in [7, 11) is 2.12. The molecule has 1 N–H and O–H groups in total. The van der Waals surface area contributed by atoms with Gasteiger partial charge in [0.05, 0.1) is 5.69 Å². The van der Waals surface area contributed by atoms with Crippen molar-refractivity contribution in [3.63, 3.8) is 0 Å². The Bertz CT molecular complexity index is 615. The summed E-state index contributed by atoms with van der Waals surface area (Å²) in [5.74, 6) is 0.278. The maximum absolute atomic E-state index is 11.2. The van der Waals surface area contributed by atoms with Gasteiger partial charge < -0.3 is 9.88 Å². The molecule has 0 aliphatic carbocycles. The molecule has 1 atom stereocenters. The van der Waals surface area contributed by atoms with E-state index in [1.165, 1.54) is 22.3 Å². The van der Waals surface area contributed by atoms with Crippen LogP contribution in [0, 0.1) is 6.92 Å². The molecule has 3 nitrogen and oxygen atoms in total. The molecule has 19 heavy (non-hydrogen) atoms. The Balaban J connectivity index is 2.12. The second kappa shape index (κ2) is 4.67. The number of nitrogens with one attached hydrogen (secondary N) is 1. The molecule has 0 bridgehead atoms. The third kappa shape index (κ3) is 2.10. The van der Waals surface area contributed by atoms with Gasteiger partial charge in [0.15, 0.2) is 6.29 Å². The second-order valence-electron chi connectivity index (χ2n) is 5.42. The average molecular weight is 254 g/mol. The number of aldehydes is 1. The predicted octanol–water partition coefficient (Wildman–Crippen LogP) is 2.71. The van der Waals surface area contributed by atoms with E-state index in [-0.39, 0.29) is 5.92 Å². The summed E-state index contributed by atoms with van der Waals surface area (Å²) in [6.45, 7) is 3.96. The molecule has 98 valence electrons. The highest BCUT2D eigenvalue weighted by molar-refractivity contribution is 5.76. The molecular weight excluding hydrogens is 236 g/mol. The van der Waals surface area contributed by atoms with Gasteiger partial charge in [0.2, 0.25) is 0 Å². The number of fused-ring (bicyclic) bond motifs is 1. The number of carbonyl (C=O) groups is 1. The van der Waals surface area contributed by atoms with Crippen LogP contribution in [-0.4, -0.2) is 29.8 Å². The van der Waals surface area contributed by atoms with Crippen LogP contribution in [0.5, 0.6) is 0 Å². The van der Waals surface area contributed by atoms with Crippen LogP contribution < -0.4 is 0 Å². The standard InChI is InChI=1S/C16H18N2O/c1-11-4-3-5-12(6-11)14-9-18(2)8-13-7-17-15(10-19)16(13)14/h3-7,10,14,17H,8-9H2,1-2H3. The Morgan fingerprint density at radius 3 is 3.00 bits per heavy atom. The third-order valence-corrected chi connectivity index (χ3v) is 3.88. The first-order chi connectivity index (χ1) is 9.19. The molecule has 2 aromatic rings. The largest absolute Gasteiger partial charge is 0.358 e. The van der Waals surface area contributed by atoms with E-state index < -0.39 is 0 Å². The molecule has 1 aromatic carbocycles. The van der Waals surface area contributed by atoms with E-state index >= 15 is 0 Å². The van der Waals surface area contributed by atoms with Crippen molar-refractivity contribution in [3.05, 3.63) is 58.4 Å². The van der Waals surface area contributed by atoms with Crippen LogP contribution in [0.1, 0.15) is 38.7 Å². The molecule has 2 heterocycles. The van der Waals surface area contributed by atoms with Crippen LogP contribution in [0.15, 0.2) is 30.5 Å². The minimum absolute atomic E-state index is 0.278. The first-order valence-electron chi connectivity index (χ1n) is 6.59. The monoisotopic (exact) mass is 254 g/mol. The number of rotatable bonds is 2. The van der Waals surface area contributed by atoms with Gasteiger partial charge in [-0.2, -0.15) is 0 Å². The normalized spacial score (nSPS) is 19.2. The zero-order valence-electron chi connectivity index (χ0n) is 11.3. The molecule has 1 aromatic heterocycles. The van der Waals surface area contributed by atoms with Gasteiger partial charge in [0, 0.05) is 25.2 Å². The van der Waals surface area contributed by atoms with E-state index in [9.17, 15) is 4.79 Å². The van der Waals surface area contributed by atoms with E-state index in [0.717, 1.165) is 25.1 Å². The van der Waals surface area contributed by atoms with Crippen LogP contribution in [0.4, 0.5) is 0 Å². The van der Waals surface area contributed by atoms with Crippen LogP contribution >= 0.6 is 0 Å². The Kier molecular flexibility index (Phi) is 2.99. The van der Waals surface area contributed by atoms with Gasteiger partial charge in [-0.3, -0.25) is 4.79 Å². The first kappa shape index (κ1) is 12.2. The fraction of sp³-hybridized carbons (Fsp3) is 0.312. The van der Waals surface area contributed by atoms with Crippen molar-refractivity contribution in [1.29, 1.82) is 0 Å². The number of aromatic amines is 1. The van der Waals surface area contributed by atoms with Gasteiger partial charge in [-0.15, -0.1) is 0 Å². The average Bonchev–Trinajstić information content (AvgIpc) is 2.80. The van der Waals surface area contributed by atoms with E-state index in [0.29, 0.717) is 0 Å². The molecular formula is C16H18N2O. The second-order valence-corrected chi connectivity index (χ2v) is 5.42. The number of hydrogen-bond donors (Lipinski definition) is 1. The Hall–Kier alpha value is -1.87. The number of likely N-dealkylation sites (N-methyl/N-ethyl adjacent to an activating group) is 1. The molecule has 0 saturated heterocycles. The number of aromatic nitrogens is 1. The van der Waals surface area contributed by atoms with Gasteiger partial charge in [-0.1, -0.05) is 29.8 Å². The van der Waals surface area contributed by atoms with Crippen LogP contribution in [0.25, 0.3) is 0 Å². The van der Waals surface area contributed by atoms with Crippen molar-refractivity contribution < 1.29 is 4.79 Å². The molecule has 0 fully saturated rings. The highest BCUT2D eigenvalue weighted by Crippen LogP contribution is 2.35. The summed E-state index contributed by atoms with van der Waals surface area (Å²) in [4.78, 5) is 16.6. The summed E-state index contributed by atoms with van der Waals surface area (Å²) in [5, 5.41) is 0. The highest BCUT2D eigenvalue weighted by Gasteiger charge is 2.28. The van der Waals surface area contributed by atoms with Gasteiger partial charge >= 0.3 is 0 Å². The van der Waals surface area contributed by atoms with E-state index in [1.54, 1.807) is 0 Å². The van der Waals surface area contributed by atoms with Crippen LogP contribution in [0.3, 0.4) is 0 Å². The van der Waals surface area contributed by atoms with Crippen LogP contribution in [-0.2, 0) is 6.54 Å². The molecule has 1 aliphatic heterocycles. The molecule has 1 aliphatic rings. The molecule has 3 rings (SSSR count). The number of H-pyrrole nitrogens is 1. The zero-order chi connectivity index (χ0) is 13.4. The molecule has 0 radical (unpaired) electrons. The van der Waals surface area contributed by atoms with Crippen molar-refractivity contribution in [3.8, 4) is 0 Å². The zero-order valence-corrected chi connectivity index (χ0v) is 11.3. The van der Waals surface area contributed by atoms with E-state index in [4.69, 9.17) is 0 Å². The predicted molar refractivity (Wildman–Crippen MR) is 75.5 cm³/mol. The maximum Gasteiger partial charge on any atom is 0.166 e. The molecule has 0 spiro atoms. The Labute approximate surface area is 113 Å². The topological polar surface area (TPSA) is 36.1 Å². The molecule has 1 unspecified atom stereocenters. The summed E-state index contributed by atoms with van der Waals surface area (Å²) in [6, 6.07) is 8.57. The lowest BCUT2D eigenvalue weighted by molar-refractivity contribution is 0.111. The number of aryl methyl sites for hydroxylation is 1. The summed E-state index contributed by atoms with van der Waals surface area (Å²) >= 11 is 0. The Morgan fingerprint density at radius 2 is 2.26 bits per heavy atom. The van der Waals surface area contributed by atoms with Gasteiger partial charge in [-0.25, -0.2) is 0 Å². The highest BCUT2D eigenvalue weighted by atomic mass is 16.1. The van der Waals surface area contributed by atoms with Crippen molar-refractivity contribution in [1.82, 2.24) is 9.88 Å². The number of benzene rings is 1. The number of hydrogen-bond acceptors (Lipinski definition) is 2. The van der Waals surface area contributed by atoms with Crippen molar-refractivity contribution in [2.24, 2.45) is 0 Å². The fourth-order valence-electron chi connectivity index (χ4n) is 3.05. The molecule has 3 heteroatoms. The van der Waals surface area contributed by atoms with Crippen molar-refractivity contribution in [2.45, 2.75) is 19.4 Å². The minimum Gasteiger partial charge on any atom is -0.358 e. The lowest BCUT2D eigenvalue weighted by Crippen LogP contribution is -2.30. The Morgan fingerprint density at radius 1 is 1.42 bits per heavy atom. The number of nitrogens with zero attached hydrogens (tertiary/aromatic N) is 1. The van der Waals surface area contributed by atoms with Crippen molar-refractivity contribution in [2.75, 3.05) is 13.6 Å². The van der Waals surface area contributed by atoms with Gasteiger partial charge in [0.25, 0.3) is 0 Å². The van der Waals surface area contributed by atoms with Crippen molar-refractivity contribution >= 4 is 6.29 Å². The smallest absolute Gasteiger partial charge is 0.166 e. The SMILES string of the molecule is Cc1cccc(C2CN(C)Cc3c[nH]c(C=O)c32)c1. The summed E-state index contributed by atoms with van der Waals surface area (Å²) < 4.78 is 0. The lowest BCUT2D eigenvalue weighted by atomic mass is 9.85. The lowest BCUT2D eigenvalue weighted by Gasteiger charge is -2.31. The van der Waals surface area contributed by atoms with Gasteiger partial charge in [0.1, 0.15) is 0 Å². The number of carbonyl (C=O) groups excluding carboxylic acids is 1. The van der Waals surface area contributed by atoms with E-state index in [2.05, 4.69) is 48.1 Å². The molecule has 0 saturated carbocycles.